The quantitative estimate of drug-likeness (QED) is 0.0164. The van der Waals surface area contributed by atoms with Gasteiger partial charge in [0.1, 0.15) is 53.9 Å². The number of pyridine rings is 1. The molecule has 2 aromatic heterocycles. The molecule has 17 N–H and O–H groups in total. The fourth-order valence-electron chi connectivity index (χ4n) is 9.57. The summed E-state index contributed by atoms with van der Waals surface area (Å²) in [5.41, 5.74) is 19.5. The van der Waals surface area contributed by atoms with Crippen LogP contribution in [0.1, 0.15) is 88.6 Å². The van der Waals surface area contributed by atoms with Gasteiger partial charge in [0.05, 0.1) is 18.8 Å². The Morgan fingerprint density at radius 2 is 1.28 bits per heavy atom. The lowest BCUT2D eigenvalue weighted by Crippen LogP contribution is -2.62. The molecule has 27 nitrogen and oxygen atoms in total. The van der Waals surface area contributed by atoms with Crippen LogP contribution in [0.2, 0.25) is 0 Å². The third-order valence-electron chi connectivity index (χ3n) is 14.7. The fraction of sp³-hybridized carbons (Fsp3) is 0.419. The van der Waals surface area contributed by atoms with Crippen molar-refractivity contribution in [2.24, 2.45) is 34.0 Å². The molecule has 1 aliphatic heterocycles. The van der Waals surface area contributed by atoms with Crippen molar-refractivity contribution < 1.29 is 58.5 Å². The van der Waals surface area contributed by atoms with Crippen LogP contribution in [-0.4, -0.2) is 156 Å². The van der Waals surface area contributed by atoms with Gasteiger partial charge in [-0.05, 0) is 78.5 Å². The van der Waals surface area contributed by atoms with Gasteiger partial charge < -0.3 is 79.6 Å². The average Bonchev–Trinajstić information content (AvgIpc) is 2.05. The number of H-pyrrole nitrogens is 1. The van der Waals surface area contributed by atoms with E-state index in [9.17, 15) is 58.5 Å². The number of hydrogen-bond acceptors (Lipinski definition) is 15. The first-order valence-corrected chi connectivity index (χ1v) is 29.4. The van der Waals surface area contributed by atoms with E-state index in [4.69, 9.17) is 17.2 Å². The number of aromatic nitrogens is 3. The summed E-state index contributed by atoms with van der Waals surface area (Å²) in [5.74, 6) is -8.73. The molecule has 0 radical (unpaired) electrons. The van der Waals surface area contributed by atoms with Crippen LogP contribution in [-0.2, 0) is 69.0 Å². The number of aromatic hydroxyl groups is 1. The first-order valence-electron chi connectivity index (χ1n) is 29.4. The van der Waals surface area contributed by atoms with Gasteiger partial charge in [0.15, 0.2) is 5.96 Å². The normalized spacial score (nSPS) is 15.3. The Balaban J connectivity index is 0.000000895. The number of amides is 7. The highest BCUT2D eigenvalue weighted by molar-refractivity contribution is 5.98. The van der Waals surface area contributed by atoms with Gasteiger partial charge in [0, 0.05) is 57.0 Å². The first-order chi connectivity index (χ1) is 42.5. The molecule has 27 heteroatoms. The maximum absolute atomic E-state index is 14.6. The van der Waals surface area contributed by atoms with Crippen molar-refractivity contribution in [3.63, 3.8) is 0 Å². The molecular formula is C62H83N15O12. The molecule has 3 heterocycles. The van der Waals surface area contributed by atoms with Crippen LogP contribution in [0, 0.1) is 11.8 Å². The molecule has 1 aliphatic rings. The summed E-state index contributed by atoms with van der Waals surface area (Å²) in [7, 11) is 0. The summed E-state index contributed by atoms with van der Waals surface area (Å²) in [6, 6.07) is 20.1. The Bertz CT molecular complexity index is 3080. The lowest BCUT2D eigenvalue weighted by atomic mass is 9.96. The molecule has 0 unspecified atom stereocenters. The summed E-state index contributed by atoms with van der Waals surface area (Å²) >= 11 is 0. The van der Waals surface area contributed by atoms with Gasteiger partial charge in [-0.3, -0.25) is 43.3 Å². The number of anilines is 1. The molecule has 0 bridgehead atoms. The molecule has 5 aromatic rings. The number of aliphatic carboxylic acids is 2. The van der Waals surface area contributed by atoms with E-state index in [1.165, 1.54) is 47.3 Å². The standard InChI is InChI=1S/C50H71N13O12.C12H12N2/c1-5-28(4)41(47(72)59-36(23-31-25-54-26-56-31)48(73)63-20-10-14-38(63)45(70)60-37(49(74)75)22-29-11-7-6-8-12-29)62-44(69)35(21-30-15-17-32(64)18-16-30)58-46(71)40(27(2)3)61-43(68)34(13-9-19-55-50(52)53)57-42(67)33(51)24-39(65)66;1-2-6-11(7-3-1)10-14-12-8-4-5-9-13-12/h6-8,11-12,15-18,25-28,33-38,40-41,64H,5,9-10,13-14,19-24,51H2,1-4H3,(H,54,56)(H,57,67)(H,58,71)(H,59,72)(H,60,70)(H,61,68)(H,62,69)(H,65,66)(H,74,75)(H4,52,53,55);1-9H,10H2,(H,13,14)/t28-,33-,34-,35-,36-,37-,38-,40-,41-;/m0./s1. The Morgan fingerprint density at radius 1 is 0.685 bits per heavy atom. The number of benzene rings is 3. The molecule has 9 atom stereocenters. The van der Waals surface area contributed by atoms with Crippen molar-refractivity contribution in [2.75, 3.05) is 18.4 Å². The summed E-state index contributed by atoms with van der Waals surface area (Å²) in [6.45, 7) is 7.72. The molecule has 7 amide bonds. The number of carboxylic acids is 2. The van der Waals surface area contributed by atoms with E-state index < -0.39 is 120 Å². The number of guanidine groups is 1. The van der Waals surface area contributed by atoms with Crippen molar-refractivity contribution in [3.05, 3.63) is 144 Å². The van der Waals surface area contributed by atoms with Crippen LogP contribution < -0.4 is 54.4 Å². The number of phenols is 1. The van der Waals surface area contributed by atoms with Crippen molar-refractivity contribution in [3.8, 4) is 5.75 Å². The second kappa shape index (κ2) is 35.6. The number of aromatic amines is 1. The number of imidazole rings is 1. The highest BCUT2D eigenvalue weighted by Crippen LogP contribution is 2.22. The van der Waals surface area contributed by atoms with Crippen LogP contribution >= 0.6 is 0 Å². The zero-order valence-corrected chi connectivity index (χ0v) is 50.3. The molecule has 1 fully saturated rings. The van der Waals surface area contributed by atoms with Gasteiger partial charge in [-0.15, -0.1) is 0 Å². The molecule has 0 spiro atoms. The molecular weight excluding hydrogens is 1150 g/mol. The largest absolute Gasteiger partial charge is 0.508 e. The zero-order chi connectivity index (χ0) is 65.0. The average molecular weight is 1230 g/mol. The van der Waals surface area contributed by atoms with Crippen LogP contribution in [0.25, 0.3) is 0 Å². The third kappa shape index (κ3) is 23.4. The molecule has 6 rings (SSSR count). The van der Waals surface area contributed by atoms with Crippen LogP contribution in [0.15, 0.2) is 127 Å². The SMILES string of the molecule is CC[C@H](C)[C@H](NC(=O)[C@H](Cc1ccc(O)cc1)NC(=O)[C@@H](NC(=O)[C@H](CCCN=C(N)N)NC(=O)[C@@H](N)CC(=O)O)C(C)C)C(=O)N[C@@H](Cc1cnc[nH]1)C(=O)N1CCC[C@H]1C(=O)N[C@@H](Cc1ccccc1)C(=O)O.c1ccc(CNc2ccccn2)cc1. The van der Waals surface area contributed by atoms with E-state index in [-0.39, 0.29) is 63.3 Å². The third-order valence-corrected chi connectivity index (χ3v) is 14.7. The maximum atomic E-state index is 14.6. The zero-order valence-electron chi connectivity index (χ0n) is 50.3. The fourth-order valence-corrected chi connectivity index (χ4v) is 9.57. The number of hydrogen-bond donors (Lipinski definition) is 14. The number of carboxylic acid groups (broad SMARTS) is 2. The first kappa shape index (κ1) is 69.8. The Morgan fingerprint density at radius 3 is 1.88 bits per heavy atom. The van der Waals surface area contributed by atoms with Gasteiger partial charge >= 0.3 is 11.9 Å². The van der Waals surface area contributed by atoms with E-state index in [1.807, 2.05) is 36.4 Å². The maximum Gasteiger partial charge on any atom is 0.326 e. The van der Waals surface area contributed by atoms with Gasteiger partial charge in [0.25, 0.3) is 0 Å². The van der Waals surface area contributed by atoms with E-state index in [0.29, 0.717) is 29.7 Å². The number of aliphatic imine (C=N–C) groups is 1. The molecule has 89 heavy (non-hydrogen) atoms. The second-order valence-electron chi connectivity index (χ2n) is 21.9. The number of rotatable bonds is 32. The Hall–Kier alpha value is -9.92. The number of nitrogens with two attached hydrogens (primary N) is 3. The second-order valence-corrected chi connectivity index (χ2v) is 21.9. The van der Waals surface area contributed by atoms with Crippen LogP contribution in [0.5, 0.6) is 5.75 Å². The van der Waals surface area contributed by atoms with Crippen molar-refractivity contribution in [1.82, 2.24) is 51.8 Å². The predicted octanol–water partition coefficient (Wildman–Crippen LogP) is 1.38. The number of nitrogens with zero attached hydrogens (tertiary/aromatic N) is 4. The summed E-state index contributed by atoms with van der Waals surface area (Å²) in [6.07, 6.45) is 4.70. The summed E-state index contributed by atoms with van der Waals surface area (Å²) in [4.78, 5) is 138. The van der Waals surface area contributed by atoms with Crippen molar-refractivity contribution in [2.45, 2.75) is 140 Å². The minimum absolute atomic E-state index is 0.00211. The van der Waals surface area contributed by atoms with E-state index >= 15 is 0 Å². The smallest absolute Gasteiger partial charge is 0.326 e. The number of likely N-dealkylation sites (tertiary alicyclic amines) is 1. The monoisotopic (exact) mass is 1230 g/mol. The summed E-state index contributed by atoms with van der Waals surface area (Å²) in [5, 5.41) is 48.4. The van der Waals surface area contributed by atoms with Gasteiger partial charge in [-0.25, -0.2) is 14.8 Å². The molecule has 1 saturated heterocycles. The van der Waals surface area contributed by atoms with Crippen LogP contribution in [0.4, 0.5) is 5.82 Å². The van der Waals surface area contributed by atoms with Crippen molar-refractivity contribution in [1.29, 1.82) is 0 Å². The minimum atomic E-state index is -1.51. The van der Waals surface area contributed by atoms with E-state index in [0.717, 1.165) is 12.4 Å². The number of nitrogens with one attached hydrogen (secondary N) is 8. The Labute approximate surface area is 516 Å². The van der Waals surface area contributed by atoms with Crippen molar-refractivity contribution >= 4 is 65.1 Å². The van der Waals surface area contributed by atoms with Gasteiger partial charge in [0.2, 0.25) is 41.4 Å². The van der Waals surface area contributed by atoms with E-state index in [2.05, 4.69) is 69.3 Å². The lowest BCUT2D eigenvalue weighted by Gasteiger charge is -2.32. The molecule has 0 saturated carbocycles. The predicted molar refractivity (Wildman–Crippen MR) is 331 cm³/mol. The number of phenolic OH excluding ortho intramolecular Hbond substituents is 1. The highest BCUT2D eigenvalue weighted by atomic mass is 16.4. The topological polar surface area (TPSA) is 434 Å². The number of carbonyl (C=O) groups excluding carboxylic acids is 7. The number of carbonyl (C=O) groups is 9. The molecule has 3 aromatic carbocycles. The molecule has 0 aliphatic carbocycles. The molecule has 478 valence electrons. The lowest BCUT2D eigenvalue weighted by molar-refractivity contribution is -0.145. The van der Waals surface area contributed by atoms with Gasteiger partial charge in [-0.1, -0.05) is 113 Å². The van der Waals surface area contributed by atoms with Gasteiger partial charge in [-0.2, -0.15) is 0 Å². The Kier molecular flexibility index (Phi) is 28.0. The van der Waals surface area contributed by atoms with E-state index in [1.54, 1.807) is 64.2 Å². The van der Waals surface area contributed by atoms with Crippen LogP contribution in [0.3, 0.4) is 0 Å². The minimum Gasteiger partial charge on any atom is -0.508 e. The summed E-state index contributed by atoms with van der Waals surface area (Å²) < 4.78 is 0. The highest BCUT2D eigenvalue weighted by Gasteiger charge is 2.41.